The van der Waals surface area contributed by atoms with Crippen molar-refractivity contribution in [2.24, 2.45) is 0 Å². The van der Waals surface area contributed by atoms with Gasteiger partial charge in [-0.1, -0.05) is 11.2 Å². The number of hydrogen-bond donors (Lipinski definition) is 1. The van der Waals surface area contributed by atoms with Crippen LogP contribution in [0.4, 0.5) is 0 Å². The van der Waals surface area contributed by atoms with Gasteiger partial charge in [0.25, 0.3) is 5.89 Å². The second-order valence-corrected chi connectivity index (χ2v) is 7.05. The molecule has 0 aromatic carbocycles. The van der Waals surface area contributed by atoms with E-state index in [-0.39, 0.29) is 18.5 Å². The molecule has 0 saturated carbocycles. The van der Waals surface area contributed by atoms with Crippen molar-refractivity contribution in [3.05, 3.63) is 45.1 Å². The van der Waals surface area contributed by atoms with Crippen LogP contribution in [0.15, 0.2) is 31.2 Å². The summed E-state index contributed by atoms with van der Waals surface area (Å²) in [5.41, 5.74) is 1.76. The van der Waals surface area contributed by atoms with Crippen molar-refractivity contribution in [3.8, 4) is 10.8 Å². The first-order valence-corrected chi connectivity index (χ1v) is 9.15. The average molecular weight is 376 g/mol. The van der Waals surface area contributed by atoms with Crippen LogP contribution in [-0.2, 0) is 17.8 Å². The largest absolute Gasteiger partial charge is 0.437 e. The third-order valence-corrected chi connectivity index (χ3v) is 4.83. The molecule has 1 atom stereocenters. The summed E-state index contributed by atoms with van der Waals surface area (Å²) in [5, 5.41) is 12.8. The van der Waals surface area contributed by atoms with Gasteiger partial charge in [0.1, 0.15) is 5.76 Å². The Kier molecular flexibility index (Phi) is 5.36. The third-order valence-electron chi connectivity index (χ3n) is 3.98. The maximum atomic E-state index is 12.1. The van der Waals surface area contributed by atoms with E-state index in [9.17, 15) is 9.59 Å². The van der Waals surface area contributed by atoms with Crippen LogP contribution in [0, 0.1) is 13.8 Å². The van der Waals surface area contributed by atoms with Crippen molar-refractivity contribution < 1.29 is 13.7 Å². The van der Waals surface area contributed by atoms with E-state index in [1.165, 1.54) is 16.0 Å². The van der Waals surface area contributed by atoms with E-state index in [1.54, 1.807) is 0 Å². The lowest BCUT2D eigenvalue weighted by Gasteiger charge is -2.12. The standard InChI is InChI=1S/C17H20N4O4S/c1-10(18-15(22)7-6-13-11(2)20-25-12(13)3)9-21-17(23)24-16(19-21)14-5-4-8-26-14/h4-5,8,10H,6-7,9H2,1-3H3,(H,18,22)/t10-/m0/s1. The monoisotopic (exact) mass is 376 g/mol. The lowest BCUT2D eigenvalue weighted by molar-refractivity contribution is -0.121. The number of rotatable bonds is 7. The molecule has 3 rings (SSSR count). The molecular weight excluding hydrogens is 356 g/mol. The Bertz CT molecular complexity index is 919. The molecule has 0 saturated heterocycles. The van der Waals surface area contributed by atoms with Crippen molar-refractivity contribution in [2.75, 3.05) is 0 Å². The van der Waals surface area contributed by atoms with Crippen LogP contribution >= 0.6 is 11.3 Å². The van der Waals surface area contributed by atoms with Gasteiger partial charge in [-0.2, -0.15) is 4.68 Å². The number of thiophene rings is 1. The van der Waals surface area contributed by atoms with Gasteiger partial charge >= 0.3 is 5.76 Å². The molecule has 0 radical (unpaired) electrons. The Balaban J connectivity index is 1.54. The molecular formula is C17H20N4O4S. The summed E-state index contributed by atoms with van der Waals surface area (Å²) in [7, 11) is 0. The van der Waals surface area contributed by atoms with Gasteiger partial charge in [0, 0.05) is 18.0 Å². The van der Waals surface area contributed by atoms with Gasteiger partial charge in [-0.25, -0.2) is 4.79 Å². The van der Waals surface area contributed by atoms with Crippen LogP contribution in [0.25, 0.3) is 10.8 Å². The van der Waals surface area contributed by atoms with Crippen molar-refractivity contribution in [1.82, 2.24) is 20.3 Å². The smallest absolute Gasteiger partial charge is 0.387 e. The van der Waals surface area contributed by atoms with Crippen molar-refractivity contribution in [3.63, 3.8) is 0 Å². The second kappa shape index (κ2) is 7.69. The number of carbonyl (C=O) groups is 1. The first-order chi connectivity index (χ1) is 12.4. The zero-order valence-corrected chi connectivity index (χ0v) is 15.6. The van der Waals surface area contributed by atoms with E-state index < -0.39 is 5.76 Å². The molecule has 9 heteroatoms. The molecule has 1 N–H and O–H groups in total. The summed E-state index contributed by atoms with van der Waals surface area (Å²) < 4.78 is 11.5. The quantitative estimate of drug-likeness (QED) is 0.679. The Hall–Kier alpha value is -2.68. The molecule has 0 aliphatic heterocycles. The van der Waals surface area contributed by atoms with Gasteiger partial charge in [0.05, 0.1) is 17.1 Å². The van der Waals surface area contributed by atoms with Crippen LogP contribution < -0.4 is 11.1 Å². The van der Waals surface area contributed by atoms with E-state index in [4.69, 9.17) is 8.94 Å². The van der Waals surface area contributed by atoms with Crippen molar-refractivity contribution in [1.29, 1.82) is 0 Å². The lowest BCUT2D eigenvalue weighted by atomic mass is 10.1. The summed E-state index contributed by atoms with van der Waals surface area (Å²) in [6.45, 7) is 5.75. The van der Waals surface area contributed by atoms with Gasteiger partial charge < -0.3 is 14.3 Å². The van der Waals surface area contributed by atoms with E-state index >= 15 is 0 Å². The highest BCUT2D eigenvalue weighted by molar-refractivity contribution is 7.13. The number of nitrogens with one attached hydrogen (secondary N) is 1. The molecule has 0 fully saturated rings. The molecule has 8 nitrogen and oxygen atoms in total. The molecule has 0 aliphatic rings. The number of amides is 1. The van der Waals surface area contributed by atoms with E-state index in [0.717, 1.165) is 21.9 Å². The normalized spacial score (nSPS) is 12.3. The third kappa shape index (κ3) is 4.10. The lowest BCUT2D eigenvalue weighted by Crippen LogP contribution is -2.38. The first kappa shape index (κ1) is 18.1. The van der Waals surface area contributed by atoms with Gasteiger partial charge in [-0.15, -0.1) is 16.4 Å². The van der Waals surface area contributed by atoms with E-state index in [0.29, 0.717) is 18.7 Å². The SMILES string of the molecule is Cc1noc(C)c1CCC(=O)N[C@@H](C)Cn1nc(-c2cccs2)oc1=O. The number of nitrogens with zero attached hydrogens (tertiary/aromatic N) is 3. The average Bonchev–Trinajstić information content (AvgIpc) is 3.29. The van der Waals surface area contributed by atoms with E-state index in [2.05, 4.69) is 15.6 Å². The number of aromatic nitrogens is 3. The van der Waals surface area contributed by atoms with Crippen LogP contribution in [0.5, 0.6) is 0 Å². The highest BCUT2D eigenvalue weighted by atomic mass is 32.1. The number of carbonyl (C=O) groups excluding carboxylic acids is 1. The maximum Gasteiger partial charge on any atom is 0.437 e. The molecule has 0 spiro atoms. The maximum absolute atomic E-state index is 12.1. The molecule has 3 aromatic heterocycles. The zero-order valence-electron chi connectivity index (χ0n) is 14.8. The highest BCUT2D eigenvalue weighted by Crippen LogP contribution is 2.21. The van der Waals surface area contributed by atoms with Gasteiger partial charge in [-0.3, -0.25) is 4.79 Å². The Labute approximate surface area is 153 Å². The minimum absolute atomic E-state index is 0.104. The molecule has 3 heterocycles. The fraction of sp³-hybridized carbons (Fsp3) is 0.412. The summed E-state index contributed by atoms with van der Waals surface area (Å²) in [4.78, 5) is 24.9. The van der Waals surface area contributed by atoms with Crippen LogP contribution in [0.3, 0.4) is 0 Å². The van der Waals surface area contributed by atoms with Gasteiger partial charge in [0.15, 0.2) is 0 Å². The Morgan fingerprint density at radius 3 is 2.88 bits per heavy atom. The van der Waals surface area contributed by atoms with Crippen LogP contribution in [0.2, 0.25) is 0 Å². The molecule has 26 heavy (non-hydrogen) atoms. The zero-order chi connectivity index (χ0) is 18.7. The molecule has 1 amide bonds. The molecule has 0 bridgehead atoms. The summed E-state index contributed by atoms with van der Waals surface area (Å²) in [5.74, 6) is 0.387. The predicted octanol–water partition coefficient (Wildman–Crippen LogP) is 2.31. The molecule has 0 unspecified atom stereocenters. The summed E-state index contributed by atoms with van der Waals surface area (Å²) >= 11 is 1.44. The molecule has 138 valence electrons. The summed E-state index contributed by atoms with van der Waals surface area (Å²) in [6.07, 6.45) is 0.882. The fourth-order valence-corrected chi connectivity index (χ4v) is 3.32. The van der Waals surface area contributed by atoms with Crippen LogP contribution in [0.1, 0.15) is 30.4 Å². The second-order valence-electron chi connectivity index (χ2n) is 6.10. The van der Waals surface area contributed by atoms with Crippen molar-refractivity contribution in [2.45, 2.75) is 46.2 Å². The molecule has 0 aliphatic carbocycles. The molecule has 3 aromatic rings. The van der Waals surface area contributed by atoms with E-state index in [1.807, 2.05) is 38.3 Å². The number of hydrogen-bond acceptors (Lipinski definition) is 7. The Morgan fingerprint density at radius 2 is 2.23 bits per heavy atom. The Morgan fingerprint density at radius 1 is 1.42 bits per heavy atom. The van der Waals surface area contributed by atoms with Crippen LogP contribution in [-0.4, -0.2) is 26.9 Å². The van der Waals surface area contributed by atoms with Crippen molar-refractivity contribution >= 4 is 17.2 Å². The van der Waals surface area contributed by atoms with Gasteiger partial charge in [0.2, 0.25) is 5.91 Å². The minimum Gasteiger partial charge on any atom is -0.387 e. The fourth-order valence-electron chi connectivity index (χ4n) is 2.67. The predicted molar refractivity (Wildman–Crippen MR) is 96.0 cm³/mol. The first-order valence-electron chi connectivity index (χ1n) is 8.27. The summed E-state index contributed by atoms with van der Waals surface area (Å²) in [6, 6.07) is 3.44. The van der Waals surface area contributed by atoms with Gasteiger partial charge in [-0.05, 0) is 38.6 Å². The minimum atomic E-state index is -0.537. The highest BCUT2D eigenvalue weighted by Gasteiger charge is 2.16. The topological polar surface area (TPSA) is 103 Å². The number of aryl methyl sites for hydroxylation is 2.